The molecule has 0 aromatic heterocycles. The predicted octanol–water partition coefficient (Wildman–Crippen LogP) is 2.38. The van der Waals surface area contributed by atoms with Crippen LogP contribution >= 0.6 is 0 Å². The summed E-state index contributed by atoms with van der Waals surface area (Å²) in [5.74, 6) is 0.713. The zero-order valence-corrected chi connectivity index (χ0v) is 9.73. The van der Waals surface area contributed by atoms with E-state index in [1.165, 1.54) is 0 Å². The van der Waals surface area contributed by atoms with Gasteiger partial charge in [0, 0.05) is 17.9 Å². The van der Waals surface area contributed by atoms with Gasteiger partial charge in [0.25, 0.3) is 0 Å². The Labute approximate surface area is 87.5 Å². The molecule has 1 rings (SSSR count). The van der Waals surface area contributed by atoms with Crippen LogP contribution in [0.4, 0.5) is 0 Å². The molecule has 0 aliphatic carbocycles. The number of hydrogen-bond donors (Lipinski definition) is 1. The number of Topliss-reactive ketones (excluding diaryl/α,β-unsaturated/α-hetero) is 1. The molecule has 2 atom stereocenters. The van der Waals surface area contributed by atoms with Crippen LogP contribution in [0.1, 0.15) is 46.5 Å². The molecule has 0 aromatic rings. The second-order valence-corrected chi connectivity index (χ2v) is 4.59. The summed E-state index contributed by atoms with van der Waals surface area (Å²) >= 11 is 0. The predicted molar refractivity (Wildman–Crippen MR) is 59.3 cm³/mol. The van der Waals surface area contributed by atoms with Crippen molar-refractivity contribution in [3.63, 3.8) is 0 Å². The number of carbonyl (C=O) groups excluding carboxylic acids is 1. The Bertz CT molecular complexity index is 194. The Morgan fingerprint density at radius 2 is 2.21 bits per heavy atom. The topological polar surface area (TPSA) is 29.1 Å². The SMILES string of the molecule is CCC(C)C(=O)C1(CC)CCCNC1. The Kier molecular flexibility index (Phi) is 4.11. The molecule has 2 nitrogen and oxygen atoms in total. The molecule has 0 saturated carbocycles. The second kappa shape index (κ2) is 4.92. The molecular formula is C12H23NO. The first-order valence-corrected chi connectivity index (χ1v) is 5.91. The number of hydrogen-bond acceptors (Lipinski definition) is 2. The summed E-state index contributed by atoms with van der Waals surface area (Å²) in [4.78, 5) is 12.2. The van der Waals surface area contributed by atoms with Gasteiger partial charge in [0.05, 0.1) is 0 Å². The molecule has 1 saturated heterocycles. The monoisotopic (exact) mass is 197 g/mol. The van der Waals surface area contributed by atoms with Gasteiger partial charge in [0.2, 0.25) is 0 Å². The van der Waals surface area contributed by atoms with Gasteiger partial charge in [-0.05, 0) is 32.2 Å². The maximum Gasteiger partial charge on any atom is 0.143 e. The molecular weight excluding hydrogens is 174 g/mol. The van der Waals surface area contributed by atoms with Crippen molar-refractivity contribution in [2.75, 3.05) is 13.1 Å². The van der Waals surface area contributed by atoms with E-state index in [2.05, 4.69) is 26.1 Å². The zero-order chi connectivity index (χ0) is 10.6. The highest BCUT2D eigenvalue weighted by molar-refractivity contribution is 5.87. The summed E-state index contributed by atoms with van der Waals surface area (Å²) in [6.07, 6.45) is 4.19. The molecule has 0 spiro atoms. The molecule has 1 heterocycles. The van der Waals surface area contributed by atoms with E-state index in [1.807, 2.05) is 0 Å². The highest BCUT2D eigenvalue weighted by Crippen LogP contribution is 2.34. The minimum atomic E-state index is -0.0479. The number of nitrogens with one attached hydrogen (secondary N) is 1. The first-order valence-electron chi connectivity index (χ1n) is 5.91. The van der Waals surface area contributed by atoms with E-state index in [-0.39, 0.29) is 11.3 Å². The molecule has 1 aliphatic rings. The Morgan fingerprint density at radius 3 is 2.64 bits per heavy atom. The van der Waals surface area contributed by atoms with Gasteiger partial charge >= 0.3 is 0 Å². The van der Waals surface area contributed by atoms with Gasteiger partial charge in [0.15, 0.2) is 0 Å². The van der Waals surface area contributed by atoms with Crippen molar-refractivity contribution in [2.45, 2.75) is 46.5 Å². The molecule has 14 heavy (non-hydrogen) atoms. The number of rotatable bonds is 4. The third-order valence-electron chi connectivity index (χ3n) is 3.73. The first kappa shape index (κ1) is 11.7. The van der Waals surface area contributed by atoms with Gasteiger partial charge in [-0.2, -0.15) is 0 Å². The summed E-state index contributed by atoms with van der Waals surface area (Å²) in [5.41, 5.74) is -0.0479. The molecule has 2 unspecified atom stereocenters. The maximum absolute atomic E-state index is 12.2. The second-order valence-electron chi connectivity index (χ2n) is 4.59. The molecule has 0 radical (unpaired) electrons. The summed E-state index contributed by atoms with van der Waals surface area (Å²) in [5, 5.41) is 3.37. The smallest absolute Gasteiger partial charge is 0.143 e. The fraction of sp³-hybridized carbons (Fsp3) is 0.917. The molecule has 82 valence electrons. The summed E-state index contributed by atoms with van der Waals surface area (Å²) < 4.78 is 0. The highest BCUT2D eigenvalue weighted by Gasteiger charge is 2.39. The molecule has 1 N–H and O–H groups in total. The largest absolute Gasteiger partial charge is 0.316 e. The first-order chi connectivity index (χ1) is 6.66. The van der Waals surface area contributed by atoms with E-state index >= 15 is 0 Å². The third-order valence-corrected chi connectivity index (χ3v) is 3.73. The molecule has 2 heteroatoms. The van der Waals surface area contributed by atoms with Crippen LogP contribution < -0.4 is 5.32 Å². The van der Waals surface area contributed by atoms with Crippen molar-refractivity contribution in [3.8, 4) is 0 Å². The van der Waals surface area contributed by atoms with Crippen molar-refractivity contribution in [1.82, 2.24) is 5.32 Å². The van der Waals surface area contributed by atoms with E-state index in [4.69, 9.17) is 0 Å². The van der Waals surface area contributed by atoms with Crippen molar-refractivity contribution in [2.24, 2.45) is 11.3 Å². The lowest BCUT2D eigenvalue weighted by molar-refractivity contribution is -0.133. The van der Waals surface area contributed by atoms with Crippen LogP contribution in [0.3, 0.4) is 0 Å². The molecule has 0 amide bonds. The van der Waals surface area contributed by atoms with Crippen molar-refractivity contribution in [1.29, 1.82) is 0 Å². The van der Waals surface area contributed by atoms with Crippen LogP contribution in [0.25, 0.3) is 0 Å². The molecule has 1 aliphatic heterocycles. The van der Waals surface area contributed by atoms with Gasteiger partial charge in [-0.25, -0.2) is 0 Å². The van der Waals surface area contributed by atoms with E-state index in [0.717, 1.165) is 38.8 Å². The van der Waals surface area contributed by atoms with Crippen LogP contribution in [0, 0.1) is 11.3 Å². The average Bonchev–Trinajstić information content (AvgIpc) is 2.28. The average molecular weight is 197 g/mol. The van der Waals surface area contributed by atoms with E-state index < -0.39 is 0 Å². The summed E-state index contributed by atoms with van der Waals surface area (Å²) in [7, 11) is 0. The Hall–Kier alpha value is -0.370. The lowest BCUT2D eigenvalue weighted by Gasteiger charge is -2.37. The van der Waals surface area contributed by atoms with Gasteiger partial charge in [0.1, 0.15) is 5.78 Å². The van der Waals surface area contributed by atoms with Gasteiger partial charge in [-0.3, -0.25) is 4.79 Å². The zero-order valence-electron chi connectivity index (χ0n) is 9.73. The quantitative estimate of drug-likeness (QED) is 0.749. The number of carbonyl (C=O) groups is 1. The van der Waals surface area contributed by atoms with Crippen molar-refractivity contribution >= 4 is 5.78 Å². The minimum Gasteiger partial charge on any atom is -0.316 e. The van der Waals surface area contributed by atoms with Crippen LogP contribution in [0.15, 0.2) is 0 Å². The fourth-order valence-corrected chi connectivity index (χ4v) is 2.36. The van der Waals surface area contributed by atoms with Crippen LogP contribution in [0.2, 0.25) is 0 Å². The molecule has 0 bridgehead atoms. The number of piperidine rings is 1. The Morgan fingerprint density at radius 1 is 1.50 bits per heavy atom. The fourth-order valence-electron chi connectivity index (χ4n) is 2.36. The maximum atomic E-state index is 12.2. The highest BCUT2D eigenvalue weighted by atomic mass is 16.1. The van der Waals surface area contributed by atoms with E-state index in [0.29, 0.717) is 5.78 Å². The normalized spacial score (nSPS) is 29.9. The number of ketones is 1. The van der Waals surface area contributed by atoms with Gasteiger partial charge in [-0.15, -0.1) is 0 Å². The van der Waals surface area contributed by atoms with Crippen LogP contribution in [0.5, 0.6) is 0 Å². The Balaban J connectivity index is 2.72. The van der Waals surface area contributed by atoms with E-state index in [9.17, 15) is 4.79 Å². The van der Waals surface area contributed by atoms with E-state index in [1.54, 1.807) is 0 Å². The minimum absolute atomic E-state index is 0.0479. The van der Waals surface area contributed by atoms with Gasteiger partial charge in [-0.1, -0.05) is 20.8 Å². The molecule has 0 aromatic carbocycles. The molecule has 1 fully saturated rings. The third kappa shape index (κ3) is 2.17. The van der Waals surface area contributed by atoms with Gasteiger partial charge < -0.3 is 5.32 Å². The van der Waals surface area contributed by atoms with Crippen molar-refractivity contribution < 1.29 is 4.79 Å². The standard InChI is InChI=1S/C12H23NO/c1-4-10(3)11(14)12(5-2)7-6-8-13-9-12/h10,13H,4-9H2,1-3H3. The summed E-state index contributed by atoms with van der Waals surface area (Å²) in [6, 6.07) is 0. The summed E-state index contributed by atoms with van der Waals surface area (Å²) in [6.45, 7) is 8.28. The van der Waals surface area contributed by atoms with Crippen molar-refractivity contribution in [3.05, 3.63) is 0 Å². The lowest BCUT2D eigenvalue weighted by atomic mass is 9.71. The lowest BCUT2D eigenvalue weighted by Crippen LogP contribution is -2.47. The van der Waals surface area contributed by atoms with Crippen LogP contribution in [-0.4, -0.2) is 18.9 Å². The van der Waals surface area contributed by atoms with Crippen LogP contribution in [-0.2, 0) is 4.79 Å².